The molecular weight excluding hydrogens is 280 g/mol. The van der Waals surface area contributed by atoms with Crippen LogP contribution >= 0.6 is 0 Å². The van der Waals surface area contributed by atoms with Crippen molar-refractivity contribution in [2.45, 2.75) is 45.2 Å². The first-order chi connectivity index (χ1) is 9.24. The summed E-state index contributed by atoms with van der Waals surface area (Å²) in [7, 11) is -2.14. The molecule has 0 amide bonds. The lowest BCUT2D eigenvalue weighted by atomic mass is 10.1. The zero-order chi connectivity index (χ0) is 15.5. The van der Waals surface area contributed by atoms with Crippen molar-refractivity contribution in [1.29, 1.82) is 0 Å². The molecule has 6 nitrogen and oxygen atoms in total. The van der Waals surface area contributed by atoms with Gasteiger partial charge in [0.15, 0.2) is 0 Å². The van der Waals surface area contributed by atoms with Crippen LogP contribution < -0.4 is 10.5 Å². The molecule has 1 heterocycles. The molecule has 1 aromatic heterocycles. The summed E-state index contributed by atoms with van der Waals surface area (Å²) in [6, 6.07) is -0.301. The number of methoxy groups -OCH3 is 1. The molecule has 0 bridgehead atoms. The lowest BCUT2D eigenvalue weighted by Crippen LogP contribution is -2.42. The summed E-state index contributed by atoms with van der Waals surface area (Å²) < 4.78 is 38.2. The summed E-state index contributed by atoms with van der Waals surface area (Å²) in [4.78, 5) is 0.152. The van der Waals surface area contributed by atoms with Gasteiger partial charge in [0.2, 0.25) is 10.0 Å². The second-order valence-electron chi connectivity index (χ2n) is 5.15. The largest absolute Gasteiger partial charge is 0.465 e. The first kappa shape index (κ1) is 17.2. The van der Waals surface area contributed by atoms with Gasteiger partial charge in [0.05, 0.1) is 6.61 Å². The van der Waals surface area contributed by atoms with Crippen LogP contribution in [0.3, 0.4) is 0 Å². The number of rotatable bonds is 7. The number of furan rings is 1. The van der Waals surface area contributed by atoms with E-state index in [9.17, 15) is 8.42 Å². The van der Waals surface area contributed by atoms with Crippen molar-refractivity contribution >= 4 is 10.0 Å². The SMILES string of the molecule is COCC(NS(=O)(=O)c1c(C)oc(C)c1CN)C(C)C. The predicted molar refractivity (Wildman–Crippen MR) is 76.9 cm³/mol. The number of aryl methyl sites for hydroxylation is 2. The van der Waals surface area contributed by atoms with Gasteiger partial charge in [-0.05, 0) is 19.8 Å². The van der Waals surface area contributed by atoms with Gasteiger partial charge < -0.3 is 14.9 Å². The van der Waals surface area contributed by atoms with Gasteiger partial charge in [-0.2, -0.15) is 0 Å². The van der Waals surface area contributed by atoms with Crippen LogP contribution in [0.15, 0.2) is 9.31 Å². The molecule has 0 aromatic carbocycles. The van der Waals surface area contributed by atoms with Gasteiger partial charge in [0.1, 0.15) is 16.4 Å². The number of hydrogen-bond acceptors (Lipinski definition) is 5. The molecule has 0 saturated heterocycles. The van der Waals surface area contributed by atoms with Crippen LogP contribution in [0.2, 0.25) is 0 Å². The topological polar surface area (TPSA) is 94.6 Å². The molecular formula is C13H24N2O4S. The molecule has 1 unspecified atom stereocenters. The molecule has 1 rings (SSSR count). The van der Waals surface area contributed by atoms with E-state index in [1.54, 1.807) is 21.0 Å². The maximum atomic E-state index is 12.6. The fraction of sp³-hybridized carbons (Fsp3) is 0.692. The Kier molecular flexibility index (Phi) is 5.76. The molecule has 3 N–H and O–H groups in total. The van der Waals surface area contributed by atoms with Crippen molar-refractivity contribution in [2.75, 3.05) is 13.7 Å². The van der Waals surface area contributed by atoms with Gasteiger partial charge >= 0.3 is 0 Å². The van der Waals surface area contributed by atoms with Crippen LogP contribution in [-0.4, -0.2) is 28.2 Å². The minimum Gasteiger partial charge on any atom is -0.465 e. The van der Waals surface area contributed by atoms with Crippen LogP contribution in [0.25, 0.3) is 0 Å². The smallest absolute Gasteiger partial charge is 0.244 e. The molecule has 20 heavy (non-hydrogen) atoms. The Hall–Kier alpha value is -0.890. The summed E-state index contributed by atoms with van der Waals surface area (Å²) >= 11 is 0. The Balaban J connectivity index is 3.17. The predicted octanol–water partition coefficient (Wildman–Crippen LogP) is 1.30. The van der Waals surface area contributed by atoms with Crippen molar-refractivity contribution in [2.24, 2.45) is 11.7 Å². The average Bonchev–Trinajstić information content (AvgIpc) is 2.63. The lowest BCUT2D eigenvalue weighted by Gasteiger charge is -2.21. The highest BCUT2D eigenvalue weighted by atomic mass is 32.2. The summed E-state index contributed by atoms with van der Waals surface area (Å²) in [5, 5.41) is 0. The van der Waals surface area contributed by atoms with Crippen molar-refractivity contribution in [3.63, 3.8) is 0 Å². The minimum atomic E-state index is -3.68. The van der Waals surface area contributed by atoms with Crippen LogP contribution in [0, 0.1) is 19.8 Å². The first-order valence-corrected chi connectivity index (χ1v) is 8.03. The average molecular weight is 304 g/mol. The molecule has 7 heteroatoms. The standard InChI is InChI=1S/C13H24N2O4S/c1-8(2)12(7-18-5)15-20(16,17)13-10(4)19-9(3)11(13)6-14/h8,12,15H,6-7,14H2,1-5H3. The third-order valence-corrected chi connectivity index (χ3v) is 4.94. The van der Waals surface area contributed by atoms with E-state index in [0.717, 1.165) is 0 Å². The van der Waals surface area contributed by atoms with Gasteiger partial charge in [-0.25, -0.2) is 13.1 Å². The molecule has 1 aromatic rings. The molecule has 0 saturated carbocycles. The molecule has 1 atom stereocenters. The second-order valence-corrected chi connectivity index (χ2v) is 6.80. The van der Waals surface area contributed by atoms with E-state index in [4.69, 9.17) is 14.9 Å². The fourth-order valence-electron chi connectivity index (χ4n) is 2.10. The van der Waals surface area contributed by atoms with Crippen LogP contribution in [0.4, 0.5) is 0 Å². The highest BCUT2D eigenvalue weighted by Gasteiger charge is 2.29. The zero-order valence-corrected chi connectivity index (χ0v) is 13.5. The van der Waals surface area contributed by atoms with E-state index in [2.05, 4.69) is 4.72 Å². The zero-order valence-electron chi connectivity index (χ0n) is 12.7. The Morgan fingerprint density at radius 2 is 1.90 bits per heavy atom. The Morgan fingerprint density at radius 3 is 2.35 bits per heavy atom. The lowest BCUT2D eigenvalue weighted by molar-refractivity contribution is 0.157. The summed E-state index contributed by atoms with van der Waals surface area (Å²) in [5.41, 5.74) is 6.16. The molecule has 0 radical (unpaired) electrons. The first-order valence-electron chi connectivity index (χ1n) is 6.54. The van der Waals surface area contributed by atoms with Crippen molar-refractivity contribution in [3.8, 4) is 0 Å². The third kappa shape index (κ3) is 3.60. The number of nitrogens with two attached hydrogens (primary N) is 1. The molecule has 0 spiro atoms. The highest BCUT2D eigenvalue weighted by molar-refractivity contribution is 7.89. The Bertz CT molecular complexity index is 549. The van der Waals surface area contributed by atoms with Gasteiger partial charge in [0.25, 0.3) is 0 Å². The molecule has 0 fully saturated rings. The van der Waals surface area contributed by atoms with Crippen molar-refractivity contribution in [3.05, 3.63) is 17.1 Å². The highest BCUT2D eigenvalue weighted by Crippen LogP contribution is 2.26. The maximum absolute atomic E-state index is 12.6. The second kappa shape index (κ2) is 6.71. The van der Waals surface area contributed by atoms with Gasteiger partial charge in [-0.1, -0.05) is 13.8 Å². The Morgan fingerprint density at radius 1 is 1.30 bits per heavy atom. The molecule has 0 aliphatic heterocycles. The normalized spacial score (nSPS) is 13.9. The Labute approximate surface area is 120 Å². The molecule has 0 aliphatic carbocycles. The number of sulfonamides is 1. The van der Waals surface area contributed by atoms with E-state index in [-0.39, 0.29) is 23.4 Å². The van der Waals surface area contributed by atoms with E-state index in [0.29, 0.717) is 23.7 Å². The molecule has 0 aliphatic rings. The summed E-state index contributed by atoms with van der Waals surface area (Å²) in [6.45, 7) is 7.64. The van der Waals surface area contributed by atoms with Gasteiger partial charge in [-0.15, -0.1) is 0 Å². The van der Waals surface area contributed by atoms with Gasteiger partial charge in [0, 0.05) is 25.3 Å². The number of nitrogens with one attached hydrogen (secondary N) is 1. The molecule has 116 valence electrons. The maximum Gasteiger partial charge on any atom is 0.244 e. The monoisotopic (exact) mass is 304 g/mol. The minimum absolute atomic E-state index is 0.111. The van der Waals surface area contributed by atoms with Crippen LogP contribution in [-0.2, 0) is 21.3 Å². The summed E-state index contributed by atoms with van der Waals surface area (Å²) in [6.07, 6.45) is 0. The van der Waals surface area contributed by atoms with Crippen molar-refractivity contribution in [1.82, 2.24) is 4.72 Å². The quantitative estimate of drug-likeness (QED) is 0.792. The van der Waals surface area contributed by atoms with Crippen LogP contribution in [0.1, 0.15) is 30.9 Å². The van der Waals surface area contributed by atoms with Gasteiger partial charge in [-0.3, -0.25) is 0 Å². The van der Waals surface area contributed by atoms with E-state index < -0.39 is 10.0 Å². The number of hydrogen-bond donors (Lipinski definition) is 2. The number of ether oxygens (including phenoxy) is 1. The van der Waals surface area contributed by atoms with Crippen LogP contribution in [0.5, 0.6) is 0 Å². The van der Waals surface area contributed by atoms with Crippen molar-refractivity contribution < 1.29 is 17.6 Å². The fourth-order valence-corrected chi connectivity index (χ4v) is 3.93. The summed E-state index contributed by atoms with van der Waals surface area (Å²) in [5.74, 6) is 1.01. The van der Waals surface area contributed by atoms with E-state index in [1.165, 1.54) is 0 Å². The third-order valence-electron chi connectivity index (χ3n) is 3.26. The van der Waals surface area contributed by atoms with E-state index >= 15 is 0 Å². The van der Waals surface area contributed by atoms with E-state index in [1.807, 2.05) is 13.8 Å².